The van der Waals surface area contributed by atoms with Crippen LogP contribution in [0.25, 0.3) is 5.52 Å². The van der Waals surface area contributed by atoms with Gasteiger partial charge in [0.1, 0.15) is 5.52 Å². The molecule has 1 saturated heterocycles. The number of fused-ring (bicyclic) bond motifs is 1. The predicted octanol–water partition coefficient (Wildman–Crippen LogP) is 1.71. The molecule has 0 aromatic carbocycles. The zero-order chi connectivity index (χ0) is 20.6. The van der Waals surface area contributed by atoms with Gasteiger partial charge in [-0.1, -0.05) is 20.8 Å². The van der Waals surface area contributed by atoms with Crippen LogP contribution < -0.4 is 10.5 Å². The smallest absolute Gasteiger partial charge is 0.266 e. The van der Waals surface area contributed by atoms with E-state index < -0.39 is 0 Å². The second-order valence-electron chi connectivity index (χ2n) is 8.73. The molecule has 154 valence electrons. The van der Waals surface area contributed by atoms with Crippen molar-refractivity contribution in [2.75, 3.05) is 37.6 Å². The van der Waals surface area contributed by atoms with Gasteiger partial charge >= 0.3 is 0 Å². The van der Waals surface area contributed by atoms with Crippen LogP contribution in [0.5, 0.6) is 0 Å². The summed E-state index contributed by atoms with van der Waals surface area (Å²) < 4.78 is 3.49. The molecular weight excluding hydrogens is 366 g/mol. The molecule has 0 spiro atoms. The van der Waals surface area contributed by atoms with Crippen molar-refractivity contribution >= 4 is 11.3 Å². The third kappa shape index (κ3) is 4.17. The highest BCUT2D eigenvalue weighted by molar-refractivity contribution is 5.69. The standard InChI is InChI=1S/C21H29N7O/c1-16-15-17-20(22-7-8-27(17)23-16)26-12-9-25(10-13-26)11-14-28-19(29)6-5-18(24-28)21(2,3)4/h5-8,15H,9-14H2,1-4H3. The lowest BCUT2D eigenvalue weighted by atomic mass is 9.92. The molecule has 0 N–H and O–H groups in total. The number of hydrogen-bond acceptors (Lipinski definition) is 6. The third-order valence-electron chi connectivity index (χ3n) is 5.43. The van der Waals surface area contributed by atoms with Crippen LogP contribution in [0.15, 0.2) is 35.4 Å². The molecule has 1 fully saturated rings. The van der Waals surface area contributed by atoms with Crippen LogP contribution in [0.4, 0.5) is 5.82 Å². The van der Waals surface area contributed by atoms with Crippen LogP contribution in [0.3, 0.4) is 0 Å². The van der Waals surface area contributed by atoms with E-state index in [0.29, 0.717) is 6.54 Å². The van der Waals surface area contributed by atoms with E-state index in [2.05, 4.69) is 51.8 Å². The van der Waals surface area contributed by atoms with Gasteiger partial charge in [-0.15, -0.1) is 0 Å². The Morgan fingerprint density at radius 2 is 1.79 bits per heavy atom. The molecule has 0 unspecified atom stereocenters. The summed E-state index contributed by atoms with van der Waals surface area (Å²) in [7, 11) is 0. The van der Waals surface area contributed by atoms with Crippen LogP contribution in [-0.2, 0) is 12.0 Å². The number of rotatable bonds is 4. The molecule has 1 aliphatic rings. The Kier molecular flexibility index (Phi) is 5.12. The minimum Gasteiger partial charge on any atom is -0.352 e. The third-order valence-corrected chi connectivity index (χ3v) is 5.43. The lowest BCUT2D eigenvalue weighted by Gasteiger charge is -2.35. The molecule has 0 aliphatic carbocycles. The fraction of sp³-hybridized carbons (Fsp3) is 0.524. The normalized spacial score (nSPS) is 15.9. The minimum absolute atomic E-state index is 0.0383. The van der Waals surface area contributed by atoms with Gasteiger partial charge in [0.25, 0.3) is 5.56 Å². The van der Waals surface area contributed by atoms with Crippen molar-refractivity contribution in [1.29, 1.82) is 0 Å². The number of aromatic nitrogens is 5. The second-order valence-corrected chi connectivity index (χ2v) is 8.73. The summed E-state index contributed by atoms with van der Waals surface area (Å²) in [6.07, 6.45) is 3.69. The van der Waals surface area contributed by atoms with Gasteiger partial charge in [-0.25, -0.2) is 14.2 Å². The van der Waals surface area contributed by atoms with Gasteiger partial charge in [-0.3, -0.25) is 9.69 Å². The SMILES string of the molecule is Cc1cc2c(N3CCN(CCn4nc(C(C)(C)C)ccc4=O)CC3)nccn2n1. The highest BCUT2D eigenvalue weighted by Crippen LogP contribution is 2.21. The van der Waals surface area contributed by atoms with Crippen molar-refractivity contribution in [3.05, 3.63) is 52.3 Å². The highest BCUT2D eigenvalue weighted by atomic mass is 16.1. The summed E-state index contributed by atoms with van der Waals surface area (Å²) in [4.78, 5) is 21.5. The van der Waals surface area contributed by atoms with E-state index in [1.807, 2.05) is 23.7 Å². The summed E-state index contributed by atoms with van der Waals surface area (Å²) in [5.74, 6) is 0.989. The quantitative estimate of drug-likeness (QED) is 0.670. The molecule has 3 aromatic rings. The lowest BCUT2D eigenvalue weighted by molar-refractivity contribution is 0.241. The first-order valence-corrected chi connectivity index (χ1v) is 10.2. The summed E-state index contributed by atoms with van der Waals surface area (Å²) in [5, 5.41) is 9.05. The van der Waals surface area contributed by atoms with Crippen LogP contribution in [-0.4, -0.2) is 62.0 Å². The molecule has 0 bridgehead atoms. The fourth-order valence-electron chi connectivity index (χ4n) is 3.70. The number of nitrogens with zero attached hydrogens (tertiary/aromatic N) is 7. The average molecular weight is 396 g/mol. The molecule has 8 heteroatoms. The molecule has 4 heterocycles. The minimum atomic E-state index is -0.0683. The zero-order valence-electron chi connectivity index (χ0n) is 17.7. The molecule has 4 rings (SSSR count). The summed E-state index contributed by atoms with van der Waals surface area (Å²) >= 11 is 0. The summed E-state index contributed by atoms with van der Waals surface area (Å²) in [5.41, 5.74) is 2.88. The molecular formula is C21H29N7O. The summed E-state index contributed by atoms with van der Waals surface area (Å²) in [6, 6.07) is 5.55. The predicted molar refractivity (Wildman–Crippen MR) is 114 cm³/mol. The first-order chi connectivity index (χ1) is 13.8. The van der Waals surface area contributed by atoms with Gasteiger partial charge in [0.2, 0.25) is 0 Å². The first kappa shape index (κ1) is 19.6. The van der Waals surface area contributed by atoms with Crippen molar-refractivity contribution in [3.63, 3.8) is 0 Å². The van der Waals surface area contributed by atoms with Gasteiger partial charge in [0, 0.05) is 56.6 Å². The summed E-state index contributed by atoms with van der Waals surface area (Å²) in [6.45, 7) is 13.4. The highest BCUT2D eigenvalue weighted by Gasteiger charge is 2.21. The number of hydrogen-bond donors (Lipinski definition) is 0. The van der Waals surface area contributed by atoms with Crippen molar-refractivity contribution in [2.45, 2.75) is 39.7 Å². The van der Waals surface area contributed by atoms with Gasteiger partial charge in [0.15, 0.2) is 5.82 Å². The fourth-order valence-corrected chi connectivity index (χ4v) is 3.70. The molecule has 0 amide bonds. The lowest BCUT2D eigenvalue weighted by Crippen LogP contribution is -2.48. The first-order valence-electron chi connectivity index (χ1n) is 10.2. The van der Waals surface area contributed by atoms with Crippen LogP contribution in [0.2, 0.25) is 0 Å². The van der Waals surface area contributed by atoms with E-state index in [1.165, 1.54) is 0 Å². The molecule has 1 aliphatic heterocycles. The van der Waals surface area contributed by atoms with E-state index >= 15 is 0 Å². The molecule has 0 atom stereocenters. The average Bonchev–Trinajstić information content (AvgIpc) is 3.07. The largest absolute Gasteiger partial charge is 0.352 e. The van der Waals surface area contributed by atoms with E-state index in [1.54, 1.807) is 16.9 Å². The van der Waals surface area contributed by atoms with Crippen LogP contribution >= 0.6 is 0 Å². The van der Waals surface area contributed by atoms with Crippen molar-refractivity contribution in [1.82, 2.24) is 29.3 Å². The van der Waals surface area contributed by atoms with Crippen molar-refractivity contribution in [2.24, 2.45) is 0 Å². The molecule has 0 saturated carbocycles. The van der Waals surface area contributed by atoms with Gasteiger partial charge in [-0.2, -0.15) is 10.2 Å². The number of anilines is 1. The Morgan fingerprint density at radius 3 is 2.52 bits per heavy atom. The molecule has 8 nitrogen and oxygen atoms in total. The maximum absolute atomic E-state index is 12.2. The number of aryl methyl sites for hydroxylation is 1. The Hall–Kier alpha value is -2.74. The van der Waals surface area contributed by atoms with E-state index in [0.717, 1.165) is 55.4 Å². The van der Waals surface area contributed by atoms with E-state index in [9.17, 15) is 4.79 Å². The molecule has 0 radical (unpaired) electrons. The van der Waals surface area contributed by atoms with Gasteiger partial charge in [0.05, 0.1) is 17.9 Å². The Morgan fingerprint density at radius 1 is 1.03 bits per heavy atom. The topological polar surface area (TPSA) is 71.6 Å². The maximum atomic E-state index is 12.2. The Labute approximate surface area is 170 Å². The second kappa shape index (κ2) is 7.59. The van der Waals surface area contributed by atoms with E-state index in [-0.39, 0.29) is 11.0 Å². The van der Waals surface area contributed by atoms with Gasteiger partial charge in [-0.05, 0) is 19.1 Å². The van der Waals surface area contributed by atoms with Crippen molar-refractivity contribution in [3.8, 4) is 0 Å². The zero-order valence-corrected chi connectivity index (χ0v) is 17.7. The Balaban J connectivity index is 1.39. The monoisotopic (exact) mass is 395 g/mol. The molecule has 3 aromatic heterocycles. The van der Waals surface area contributed by atoms with E-state index in [4.69, 9.17) is 0 Å². The van der Waals surface area contributed by atoms with Crippen molar-refractivity contribution < 1.29 is 0 Å². The maximum Gasteiger partial charge on any atom is 0.266 e. The van der Waals surface area contributed by atoms with Crippen LogP contribution in [0.1, 0.15) is 32.2 Å². The Bertz CT molecular complexity index is 1050. The number of piperazine rings is 1. The van der Waals surface area contributed by atoms with Crippen LogP contribution in [0, 0.1) is 6.92 Å². The molecule has 29 heavy (non-hydrogen) atoms. The van der Waals surface area contributed by atoms with Gasteiger partial charge < -0.3 is 4.90 Å².